The van der Waals surface area contributed by atoms with E-state index < -0.39 is 0 Å². The topological polar surface area (TPSA) is 41.6 Å². The highest BCUT2D eigenvalue weighted by molar-refractivity contribution is 5.79. The summed E-state index contributed by atoms with van der Waals surface area (Å²) in [5.74, 6) is 1.19. The fourth-order valence-electron chi connectivity index (χ4n) is 3.77. The Morgan fingerprint density at radius 1 is 1.39 bits per heavy atom. The molecule has 0 radical (unpaired) electrons. The summed E-state index contributed by atoms with van der Waals surface area (Å²) in [6, 6.07) is 6.27. The van der Waals surface area contributed by atoms with Crippen molar-refractivity contribution in [1.29, 1.82) is 0 Å². The normalized spacial score (nSPS) is 27.0. The number of carbonyl (C=O) groups is 1. The number of nitrogens with one attached hydrogen (secondary N) is 1. The van der Waals surface area contributed by atoms with E-state index in [4.69, 9.17) is 4.74 Å². The van der Waals surface area contributed by atoms with E-state index in [1.807, 2.05) is 6.07 Å². The lowest BCUT2D eigenvalue weighted by Gasteiger charge is -2.39. The summed E-state index contributed by atoms with van der Waals surface area (Å²) in [5.41, 5.74) is 2.05. The number of likely N-dealkylation sites (tertiary alicyclic amines) is 1. The standard InChI is InChI=1S/C19H28N2O2/c1-13-7-8-17-15(10-13)16(11-19(2,3)23-17)20-18(22)14-6-5-9-21(4)12-14/h7-8,10,14,16H,5-6,9,11-12H2,1-4H3,(H,20,22)/t14-,16-/m1/s1. The molecular weight excluding hydrogens is 288 g/mol. The number of rotatable bonds is 2. The van der Waals surface area contributed by atoms with Crippen molar-refractivity contribution in [3.8, 4) is 5.75 Å². The number of fused-ring (bicyclic) bond motifs is 1. The first-order valence-corrected chi connectivity index (χ1v) is 8.62. The van der Waals surface area contributed by atoms with E-state index in [9.17, 15) is 4.79 Å². The number of nitrogens with zero attached hydrogens (tertiary/aromatic N) is 1. The maximum absolute atomic E-state index is 12.7. The molecule has 3 rings (SSSR count). The van der Waals surface area contributed by atoms with Gasteiger partial charge in [-0.05, 0) is 53.3 Å². The lowest BCUT2D eigenvalue weighted by atomic mass is 9.88. The van der Waals surface area contributed by atoms with Gasteiger partial charge < -0.3 is 15.0 Å². The van der Waals surface area contributed by atoms with E-state index in [0.717, 1.165) is 43.7 Å². The average molecular weight is 316 g/mol. The van der Waals surface area contributed by atoms with Gasteiger partial charge in [0, 0.05) is 18.5 Å². The van der Waals surface area contributed by atoms with Gasteiger partial charge in [-0.25, -0.2) is 0 Å². The Morgan fingerprint density at radius 2 is 2.17 bits per heavy atom. The monoisotopic (exact) mass is 316 g/mol. The van der Waals surface area contributed by atoms with Gasteiger partial charge in [0.1, 0.15) is 11.4 Å². The van der Waals surface area contributed by atoms with Gasteiger partial charge in [0.15, 0.2) is 0 Å². The van der Waals surface area contributed by atoms with E-state index in [-0.39, 0.29) is 23.5 Å². The van der Waals surface area contributed by atoms with Crippen LogP contribution in [0.4, 0.5) is 0 Å². The highest BCUT2D eigenvalue weighted by atomic mass is 16.5. The molecule has 2 atom stereocenters. The summed E-state index contributed by atoms with van der Waals surface area (Å²) >= 11 is 0. The number of piperidine rings is 1. The maximum Gasteiger partial charge on any atom is 0.224 e. The second-order valence-corrected chi connectivity index (χ2v) is 7.77. The number of hydrogen-bond donors (Lipinski definition) is 1. The second-order valence-electron chi connectivity index (χ2n) is 7.77. The third kappa shape index (κ3) is 3.69. The lowest BCUT2D eigenvalue weighted by Crippen LogP contribution is -2.46. The fourth-order valence-corrected chi connectivity index (χ4v) is 3.77. The van der Waals surface area contributed by atoms with Crippen LogP contribution in [0.2, 0.25) is 0 Å². The van der Waals surface area contributed by atoms with Crippen molar-refractivity contribution in [2.45, 2.75) is 51.7 Å². The minimum Gasteiger partial charge on any atom is -0.487 e. The van der Waals surface area contributed by atoms with Crippen LogP contribution in [0, 0.1) is 12.8 Å². The van der Waals surface area contributed by atoms with Crippen LogP contribution in [0.1, 0.15) is 50.3 Å². The Labute approximate surface area is 139 Å². The Bertz CT molecular complexity index is 597. The molecule has 2 aliphatic rings. The number of hydrogen-bond acceptors (Lipinski definition) is 3. The number of aryl methyl sites for hydroxylation is 1. The summed E-state index contributed by atoms with van der Waals surface area (Å²) in [4.78, 5) is 15.0. The first-order valence-electron chi connectivity index (χ1n) is 8.62. The molecule has 1 aromatic rings. The SMILES string of the molecule is Cc1ccc2c(c1)[C@H](NC(=O)[C@@H]1CCCN(C)C1)CC(C)(C)O2. The van der Waals surface area contributed by atoms with E-state index in [1.54, 1.807) is 0 Å². The zero-order valence-corrected chi connectivity index (χ0v) is 14.7. The average Bonchev–Trinajstić information content (AvgIpc) is 2.47. The highest BCUT2D eigenvalue weighted by Gasteiger charge is 2.36. The summed E-state index contributed by atoms with van der Waals surface area (Å²) in [6.45, 7) is 8.21. The molecule has 4 heteroatoms. The summed E-state index contributed by atoms with van der Waals surface area (Å²) < 4.78 is 6.09. The molecule has 4 nitrogen and oxygen atoms in total. The largest absolute Gasteiger partial charge is 0.487 e. The van der Waals surface area contributed by atoms with E-state index in [2.05, 4.69) is 50.2 Å². The van der Waals surface area contributed by atoms with Gasteiger partial charge in [0.2, 0.25) is 5.91 Å². The van der Waals surface area contributed by atoms with Crippen LogP contribution in [0.25, 0.3) is 0 Å². The predicted molar refractivity (Wildman–Crippen MR) is 91.6 cm³/mol. The van der Waals surface area contributed by atoms with Gasteiger partial charge >= 0.3 is 0 Å². The van der Waals surface area contributed by atoms with Crippen molar-refractivity contribution in [1.82, 2.24) is 10.2 Å². The quantitative estimate of drug-likeness (QED) is 0.912. The number of carbonyl (C=O) groups excluding carboxylic acids is 1. The molecule has 126 valence electrons. The third-order valence-corrected chi connectivity index (χ3v) is 4.93. The molecule has 2 aliphatic heterocycles. The van der Waals surface area contributed by atoms with Crippen LogP contribution < -0.4 is 10.1 Å². The van der Waals surface area contributed by atoms with Gasteiger partial charge in [-0.3, -0.25) is 4.79 Å². The zero-order chi connectivity index (χ0) is 16.6. The first-order chi connectivity index (χ1) is 10.8. The van der Waals surface area contributed by atoms with E-state index in [0.29, 0.717) is 0 Å². The molecule has 0 aliphatic carbocycles. The molecule has 1 fully saturated rings. The van der Waals surface area contributed by atoms with Crippen molar-refractivity contribution >= 4 is 5.91 Å². The van der Waals surface area contributed by atoms with Crippen molar-refractivity contribution in [2.24, 2.45) is 5.92 Å². The molecule has 1 aromatic carbocycles. The molecular formula is C19H28N2O2. The zero-order valence-electron chi connectivity index (χ0n) is 14.7. The van der Waals surface area contributed by atoms with Gasteiger partial charge in [0.05, 0.1) is 12.0 Å². The Hall–Kier alpha value is -1.55. The molecule has 23 heavy (non-hydrogen) atoms. The van der Waals surface area contributed by atoms with Crippen molar-refractivity contribution < 1.29 is 9.53 Å². The van der Waals surface area contributed by atoms with Crippen LogP contribution in [-0.4, -0.2) is 36.5 Å². The summed E-state index contributed by atoms with van der Waals surface area (Å²) in [6.07, 6.45) is 2.89. The summed E-state index contributed by atoms with van der Waals surface area (Å²) in [7, 11) is 2.09. The predicted octanol–water partition coefficient (Wildman–Crippen LogP) is 3.06. The minimum absolute atomic E-state index is 0.0355. The van der Waals surface area contributed by atoms with Crippen LogP contribution in [0.3, 0.4) is 0 Å². The molecule has 0 unspecified atom stereocenters. The Morgan fingerprint density at radius 3 is 2.91 bits per heavy atom. The van der Waals surface area contributed by atoms with Crippen LogP contribution in [0.15, 0.2) is 18.2 Å². The van der Waals surface area contributed by atoms with Crippen molar-refractivity contribution in [3.63, 3.8) is 0 Å². The number of ether oxygens (including phenoxy) is 1. The second kappa shape index (κ2) is 6.16. The van der Waals surface area contributed by atoms with Crippen molar-refractivity contribution in [3.05, 3.63) is 29.3 Å². The van der Waals surface area contributed by atoms with Gasteiger partial charge in [-0.15, -0.1) is 0 Å². The Balaban J connectivity index is 1.79. The number of amides is 1. The van der Waals surface area contributed by atoms with Gasteiger partial charge in [-0.1, -0.05) is 17.7 Å². The van der Waals surface area contributed by atoms with E-state index >= 15 is 0 Å². The van der Waals surface area contributed by atoms with Crippen LogP contribution in [-0.2, 0) is 4.79 Å². The molecule has 1 amide bonds. The van der Waals surface area contributed by atoms with Crippen LogP contribution >= 0.6 is 0 Å². The molecule has 1 saturated heterocycles. The maximum atomic E-state index is 12.7. The molecule has 0 saturated carbocycles. The third-order valence-electron chi connectivity index (χ3n) is 4.93. The van der Waals surface area contributed by atoms with Crippen LogP contribution in [0.5, 0.6) is 5.75 Å². The summed E-state index contributed by atoms with van der Waals surface area (Å²) in [5, 5.41) is 3.30. The molecule has 0 bridgehead atoms. The minimum atomic E-state index is -0.260. The van der Waals surface area contributed by atoms with Gasteiger partial charge in [-0.2, -0.15) is 0 Å². The lowest BCUT2D eigenvalue weighted by molar-refractivity contribution is -0.127. The first kappa shape index (κ1) is 16.3. The molecule has 0 spiro atoms. The number of benzene rings is 1. The van der Waals surface area contributed by atoms with E-state index in [1.165, 1.54) is 5.56 Å². The van der Waals surface area contributed by atoms with Gasteiger partial charge in [0.25, 0.3) is 0 Å². The smallest absolute Gasteiger partial charge is 0.224 e. The molecule has 0 aromatic heterocycles. The molecule has 1 N–H and O–H groups in total. The molecule has 2 heterocycles. The van der Waals surface area contributed by atoms with Crippen molar-refractivity contribution in [2.75, 3.05) is 20.1 Å². The fraction of sp³-hybridized carbons (Fsp3) is 0.632. The Kier molecular flexibility index (Phi) is 4.37. The highest BCUT2D eigenvalue weighted by Crippen LogP contribution is 2.40.